The smallest absolute Gasteiger partial charge is 0.406 e. The second kappa shape index (κ2) is 5.77. The number of hydrogen-bond acceptors (Lipinski definition) is 2. The Morgan fingerprint density at radius 3 is 2.65 bits per heavy atom. The van der Waals surface area contributed by atoms with E-state index in [9.17, 15) is 18.0 Å². The Bertz CT molecular complexity index is 761. The van der Waals surface area contributed by atoms with Gasteiger partial charge < -0.3 is 10.1 Å². The van der Waals surface area contributed by atoms with E-state index in [2.05, 4.69) is 10.1 Å². The Labute approximate surface area is 135 Å². The van der Waals surface area contributed by atoms with Crippen molar-refractivity contribution in [1.29, 1.82) is 0 Å². The van der Waals surface area contributed by atoms with Gasteiger partial charge in [-0.15, -0.1) is 13.2 Å². The lowest BCUT2D eigenvalue weighted by molar-refractivity contribution is -0.274. The largest absolute Gasteiger partial charge is 0.573 e. The third kappa shape index (κ3) is 3.42. The van der Waals surface area contributed by atoms with Crippen molar-refractivity contribution in [2.45, 2.75) is 18.7 Å². The molecule has 0 aromatic heterocycles. The number of ether oxygens (including phenoxy) is 1. The monoisotopic (exact) mass is 341 g/mol. The number of para-hydroxylation sites is 1. The maximum Gasteiger partial charge on any atom is 0.573 e. The van der Waals surface area contributed by atoms with E-state index < -0.39 is 12.3 Å². The van der Waals surface area contributed by atoms with Crippen LogP contribution in [0.25, 0.3) is 0 Å². The zero-order chi connectivity index (χ0) is 16.6. The molecule has 1 heterocycles. The molecule has 3 rings (SSSR count). The van der Waals surface area contributed by atoms with Crippen molar-refractivity contribution in [2.75, 3.05) is 5.32 Å². The molecule has 2 aromatic rings. The van der Waals surface area contributed by atoms with Gasteiger partial charge in [-0.1, -0.05) is 35.9 Å². The number of fused-ring (bicyclic) bond motifs is 1. The zero-order valence-electron chi connectivity index (χ0n) is 11.7. The first-order valence-electron chi connectivity index (χ1n) is 6.77. The van der Waals surface area contributed by atoms with Crippen molar-refractivity contribution in [3.63, 3.8) is 0 Å². The molecule has 0 unspecified atom stereocenters. The van der Waals surface area contributed by atoms with Crippen LogP contribution >= 0.6 is 11.6 Å². The van der Waals surface area contributed by atoms with Gasteiger partial charge in [0, 0.05) is 10.7 Å². The van der Waals surface area contributed by atoms with Crippen molar-refractivity contribution in [3.8, 4) is 5.75 Å². The standard InChI is InChI=1S/C16H11ClF3NO2/c17-10-5-6-11-12(15(22)21-13(11)8-10)7-9-3-1-2-4-14(9)23-16(18,19)20/h1-6,8,12H,7H2,(H,21,22)/t12-/m0/s1. The highest BCUT2D eigenvalue weighted by Crippen LogP contribution is 2.38. The van der Waals surface area contributed by atoms with Crippen molar-refractivity contribution in [1.82, 2.24) is 0 Å². The Hall–Kier alpha value is -2.21. The Kier molecular flexibility index (Phi) is 3.93. The highest BCUT2D eigenvalue weighted by Gasteiger charge is 2.34. The summed E-state index contributed by atoms with van der Waals surface area (Å²) < 4.78 is 41.5. The molecule has 23 heavy (non-hydrogen) atoms. The molecule has 0 aliphatic carbocycles. The summed E-state index contributed by atoms with van der Waals surface area (Å²) in [4.78, 5) is 12.1. The van der Waals surface area contributed by atoms with Crippen LogP contribution in [0.2, 0.25) is 5.02 Å². The summed E-state index contributed by atoms with van der Waals surface area (Å²) in [5, 5.41) is 3.17. The van der Waals surface area contributed by atoms with Crippen molar-refractivity contribution < 1.29 is 22.7 Å². The fourth-order valence-corrected chi connectivity index (χ4v) is 2.79. The van der Waals surface area contributed by atoms with Crippen LogP contribution < -0.4 is 10.1 Å². The van der Waals surface area contributed by atoms with E-state index in [0.29, 0.717) is 21.8 Å². The van der Waals surface area contributed by atoms with Crippen molar-refractivity contribution in [2.24, 2.45) is 0 Å². The number of carbonyl (C=O) groups is 1. The van der Waals surface area contributed by atoms with Gasteiger partial charge in [-0.3, -0.25) is 4.79 Å². The summed E-state index contributed by atoms with van der Waals surface area (Å²) in [6.45, 7) is 0. The Morgan fingerprint density at radius 1 is 1.17 bits per heavy atom. The zero-order valence-corrected chi connectivity index (χ0v) is 12.4. The number of anilines is 1. The number of carbonyl (C=O) groups excluding carboxylic acids is 1. The molecule has 1 aliphatic heterocycles. The van der Waals surface area contributed by atoms with Gasteiger partial charge in [0.15, 0.2) is 0 Å². The van der Waals surface area contributed by atoms with Gasteiger partial charge in [-0.25, -0.2) is 0 Å². The Balaban J connectivity index is 1.90. The minimum Gasteiger partial charge on any atom is -0.406 e. The van der Waals surface area contributed by atoms with Crippen LogP contribution in [0.15, 0.2) is 42.5 Å². The van der Waals surface area contributed by atoms with Crippen LogP contribution in [0.5, 0.6) is 5.75 Å². The molecule has 3 nitrogen and oxygen atoms in total. The quantitative estimate of drug-likeness (QED) is 0.891. The summed E-state index contributed by atoms with van der Waals surface area (Å²) in [5.74, 6) is -1.15. The van der Waals surface area contributed by atoms with E-state index in [4.69, 9.17) is 11.6 Å². The van der Waals surface area contributed by atoms with E-state index >= 15 is 0 Å². The molecular formula is C16H11ClF3NO2. The first-order valence-corrected chi connectivity index (χ1v) is 7.15. The fraction of sp³-hybridized carbons (Fsp3) is 0.188. The third-order valence-corrected chi connectivity index (χ3v) is 3.82. The molecule has 0 saturated carbocycles. The first kappa shape index (κ1) is 15.7. The predicted molar refractivity (Wildman–Crippen MR) is 79.7 cm³/mol. The molecule has 0 fully saturated rings. The topological polar surface area (TPSA) is 38.3 Å². The molecular weight excluding hydrogens is 331 g/mol. The number of benzene rings is 2. The minimum atomic E-state index is -4.78. The lowest BCUT2D eigenvalue weighted by Gasteiger charge is -2.15. The van der Waals surface area contributed by atoms with Crippen molar-refractivity contribution in [3.05, 3.63) is 58.6 Å². The van der Waals surface area contributed by atoms with Crippen LogP contribution in [0, 0.1) is 0 Å². The summed E-state index contributed by atoms with van der Waals surface area (Å²) in [5.41, 5.74) is 1.61. The number of halogens is 4. The minimum absolute atomic E-state index is 0.104. The molecule has 1 aliphatic rings. The van der Waals surface area contributed by atoms with Gasteiger partial charge >= 0.3 is 6.36 Å². The summed E-state index contributed by atoms with van der Waals surface area (Å²) in [6.07, 6.45) is -4.67. The molecule has 2 aromatic carbocycles. The van der Waals surface area contributed by atoms with Crippen LogP contribution in [0.4, 0.5) is 18.9 Å². The molecule has 1 amide bonds. The highest BCUT2D eigenvalue weighted by molar-refractivity contribution is 6.31. The third-order valence-electron chi connectivity index (χ3n) is 3.59. The average molecular weight is 342 g/mol. The molecule has 1 N–H and O–H groups in total. The summed E-state index contributed by atoms with van der Waals surface area (Å²) in [7, 11) is 0. The lowest BCUT2D eigenvalue weighted by atomic mass is 9.93. The predicted octanol–water partition coefficient (Wildman–Crippen LogP) is 4.52. The number of alkyl halides is 3. The van der Waals surface area contributed by atoms with Crippen LogP contribution in [-0.2, 0) is 11.2 Å². The number of rotatable bonds is 3. The van der Waals surface area contributed by atoms with Gasteiger partial charge in [0.1, 0.15) is 5.75 Å². The second-order valence-electron chi connectivity index (χ2n) is 5.13. The van der Waals surface area contributed by atoms with Crippen molar-refractivity contribution >= 4 is 23.2 Å². The van der Waals surface area contributed by atoms with Crippen LogP contribution in [0.3, 0.4) is 0 Å². The molecule has 7 heteroatoms. The summed E-state index contributed by atoms with van der Waals surface area (Å²) >= 11 is 5.88. The fourth-order valence-electron chi connectivity index (χ4n) is 2.62. The van der Waals surface area contributed by atoms with Crippen LogP contribution in [-0.4, -0.2) is 12.3 Å². The number of nitrogens with one attached hydrogen (secondary N) is 1. The molecule has 0 saturated heterocycles. The SMILES string of the molecule is O=C1Nc2cc(Cl)ccc2[C@@H]1Cc1ccccc1OC(F)(F)F. The lowest BCUT2D eigenvalue weighted by Crippen LogP contribution is -2.19. The van der Waals surface area contributed by atoms with E-state index in [-0.39, 0.29) is 18.1 Å². The van der Waals surface area contributed by atoms with E-state index in [1.807, 2.05) is 0 Å². The van der Waals surface area contributed by atoms with Gasteiger partial charge in [0.05, 0.1) is 5.92 Å². The number of hydrogen-bond donors (Lipinski definition) is 1. The first-order chi connectivity index (χ1) is 10.8. The molecule has 120 valence electrons. The Morgan fingerprint density at radius 2 is 1.91 bits per heavy atom. The normalized spacial score (nSPS) is 16.9. The van der Waals surface area contributed by atoms with Crippen LogP contribution in [0.1, 0.15) is 17.0 Å². The maximum absolute atomic E-state index is 12.5. The van der Waals surface area contributed by atoms with Gasteiger partial charge in [0.25, 0.3) is 0 Å². The van der Waals surface area contributed by atoms with E-state index in [1.165, 1.54) is 18.2 Å². The maximum atomic E-state index is 12.5. The molecule has 1 atom stereocenters. The molecule has 0 spiro atoms. The average Bonchev–Trinajstić information content (AvgIpc) is 2.74. The highest BCUT2D eigenvalue weighted by atomic mass is 35.5. The number of amides is 1. The summed E-state index contributed by atoms with van der Waals surface area (Å²) in [6, 6.07) is 10.8. The van der Waals surface area contributed by atoms with Gasteiger partial charge in [-0.05, 0) is 35.7 Å². The molecule has 0 bridgehead atoms. The van der Waals surface area contributed by atoms with Gasteiger partial charge in [0.2, 0.25) is 5.91 Å². The van der Waals surface area contributed by atoms with E-state index in [0.717, 1.165) is 0 Å². The second-order valence-corrected chi connectivity index (χ2v) is 5.57. The van der Waals surface area contributed by atoms with Gasteiger partial charge in [-0.2, -0.15) is 0 Å². The van der Waals surface area contributed by atoms with E-state index in [1.54, 1.807) is 24.3 Å². The molecule has 0 radical (unpaired) electrons.